The Hall–Kier alpha value is -3.88. The molecule has 260 valence electrons. The lowest BCUT2D eigenvalue weighted by molar-refractivity contribution is 0.109. The van der Waals surface area contributed by atoms with Crippen LogP contribution < -0.4 is 14.8 Å². The third kappa shape index (κ3) is 9.26. The quantitative estimate of drug-likeness (QED) is 0.109. The summed E-state index contributed by atoms with van der Waals surface area (Å²) in [5, 5.41) is 3.38. The SMILES string of the molecule is Brc1cnc2nc(-c3ccc(OCCN4CCCC4)cc3)[nH]c2c1.Brc1cnc2nc(-c3ccc(OCCNCC4CCCO4)cc3)[nH]c2c1. The summed E-state index contributed by atoms with van der Waals surface area (Å²) in [6, 6.07) is 19.9. The second-order valence-corrected chi connectivity index (χ2v) is 14.2. The number of H-pyrrole nitrogens is 2. The van der Waals surface area contributed by atoms with E-state index in [-0.39, 0.29) is 0 Å². The monoisotopic (exact) mass is 802 g/mol. The molecule has 2 aliphatic rings. The van der Waals surface area contributed by atoms with Gasteiger partial charge in [0.25, 0.3) is 0 Å². The Morgan fingerprint density at radius 2 is 1.32 bits per heavy atom. The van der Waals surface area contributed by atoms with Crippen molar-refractivity contribution >= 4 is 54.2 Å². The molecule has 6 heterocycles. The number of nitrogens with zero attached hydrogens (tertiary/aromatic N) is 5. The molecule has 6 aromatic rings. The van der Waals surface area contributed by atoms with E-state index in [1.54, 1.807) is 12.4 Å². The number of benzene rings is 2. The number of nitrogens with one attached hydrogen (secondary N) is 3. The number of ether oxygens (including phenoxy) is 3. The Bertz CT molecular complexity index is 1970. The van der Waals surface area contributed by atoms with Gasteiger partial charge in [0.2, 0.25) is 0 Å². The molecule has 2 aromatic carbocycles. The Morgan fingerprint density at radius 3 is 1.86 bits per heavy atom. The number of pyridine rings is 2. The summed E-state index contributed by atoms with van der Waals surface area (Å²) in [7, 11) is 0. The third-order valence-corrected chi connectivity index (χ3v) is 9.55. The van der Waals surface area contributed by atoms with Crippen LogP contribution in [-0.2, 0) is 4.74 Å². The maximum absolute atomic E-state index is 5.84. The standard InChI is InChI=1S/C19H21BrN4O2.C18H19BrN4O/c20-14-10-17-19(22-11-14)24-18(23-17)13-3-5-15(6-4-13)26-9-7-21-12-16-2-1-8-25-16;19-14-11-16-18(20-12-14)22-17(21-16)13-3-5-15(6-4-13)24-10-9-23-7-1-2-8-23/h3-6,10-11,16,21H,1-2,7-9,12H2,(H,22,23,24);3-6,11-12H,1-2,7-10H2,(H,20,21,22). The number of rotatable bonds is 12. The molecular weight excluding hydrogens is 764 g/mol. The van der Waals surface area contributed by atoms with Crippen molar-refractivity contribution in [3.8, 4) is 34.3 Å². The van der Waals surface area contributed by atoms with E-state index in [2.05, 4.69) is 72.0 Å². The molecular formula is C37H40Br2N8O3. The predicted octanol–water partition coefficient (Wildman–Crippen LogP) is 7.40. The summed E-state index contributed by atoms with van der Waals surface area (Å²) in [4.78, 5) is 26.7. The zero-order valence-electron chi connectivity index (χ0n) is 27.7. The highest BCUT2D eigenvalue weighted by Crippen LogP contribution is 2.25. The number of aromatic amines is 2. The molecule has 0 aliphatic carbocycles. The van der Waals surface area contributed by atoms with Gasteiger partial charge in [0.1, 0.15) is 36.4 Å². The summed E-state index contributed by atoms with van der Waals surface area (Å²) >= 11 is 6.85. The van der Waals surface area contributed by atoms with Crippen LogP contribution in [0.25, 0.3) is 45.1 Å². The van der Waals surface area contributed by atoms with Crippen LogP contribution in [0, 0.1) is 0 Å². The Balaban J connectivity index is 0.000000157. The number of imidazole rings is 2. The summed E-state index contributed by atoms with van der Waals surface area (Å²) < 4.78 is 19.1. The molecule has 0 amide bonds. The van der Waals surface area contributed by atoms with Crippen molar-refractivity contribution in [2.75, 3.05) is 52.5 Å². The van der Waals surface area contributed by atoms with Crippen molar-refractivity contribution in [3.05, 3.63) is 82.0 Å². The average molecular weight is 805 g/mol. The van der Waals surface area contributed by atoms with E-state index in [0.29, 0.717) is 18.4 Å². The van der Waals surface area contributed by atoms with Crippen molar-refractivity contribution in [2.24, 2.45) is 0 Å². The summed E-state index contributed by atoms with van der Waals surface area (Å²) in [5.41, 5.74) is 5.29. The summed E-state index contributed by atoms with van der Waals surface area (Å²) in [6.07, 6.45) is 8.83. The minimum atomic E-state index is 0.369. The van der Waals surface area contributed by atoms with E-state index < -0.39 is 0 Å². The molecule has 3 N–H and O–H groups in total. The number of likely N-dealkylation sites (tertiary alicyclic amines) is 1. The molecule has 50 heavy (non-hydrogen) atoms. The zero-order valence-corrected chi connectivity index (χ0v) is 30.9. The fraction of sp³-hybridized carbons (Fsp3) is 0.351. The average Bonchev–Trinajstić information content (AvgIpc) is 3.97. The first-order valence-electron chi connectivity index (χ1n) is 17.1. The lowest BCUT2D eigenvalue weighted by Crippen LogP contribution is -2.29. The molecule has 1 unspecified atom stereocenters. The van der Waals surface area contributed by atoms with Crippen LogP contribution in [0.4, 0.5) is 0 Å². The van der Waals surface area contributed by atoms with Crippen LogP contribution in [0.5, 0.6) is 11.5 Å². The van der Waals surface area contributed by atoms with Crippen LogP contribution in [0.1, 0.15) is 25.7 Å². The van der Waals surface area contributed by atoms with Crippen LogP contribution in [0.3, 0.4) is 0 Å². The van der Waals surface area contributed by atoms with Gasteiger partial charge in [-0.25, -0.2) is 19.9 Å². The maximum atomic E-state index is 5.84. The molecule has 2 aliphatic heterocycles. The maximum Gasteiger partial charge on any atom is 0.178 e. The number of hydrogen-bond donors (Lipinski definition) is 3. The van der Waals surface area contributed by atoms with Gasteiger partial charge in [-0.15, -0.1) is 0 Å². The van der Waals surface area contributed by atoms with Crippen molar-refractivity contribution in [2.45, 2.75) is 31.8 Å². The lowest BCUT2D eigenvalue weighted by Gasteiger charge is -2.14. The molecule has 0 spiro atoms. The van der Waals surface area contributed by atoms with Gasteiger partial charge >= 0.3 is 0 Å². The minimum Gasteiger partial charge on any atom is -0.492 e. The molecule has 0 saturated carbocycles. The summed E-state index contributed by atoms with van der Waals surface area (Å²) in [6.45, 7) is 7.40. The van der Waals surface area contributed by atoms with Gasteiger partial charge < -0.3 is 29.5 Å². The number of hydrogen-bond acceptors (Lipinski definition) is 9. The lowest BCUT2D eigenvalue weighted by atomic mass is 10.2. The van der Waals surface area contributed by atoms with E-state index in [4.69, 9.17) is 14.2 Å². The fourth-order valence-electron chi connectivity index (χ4n) is 6.05. The number of halogens is 2. The molecule has 0 radical (unpaired) electrons. The van der Waals surface area contributed by atoms with Crippen LogP contribution >= 0.6 is 31.9 Å². The van der Waals surface area contributed by atoms with Gasteiger partial charge in [-0.05, 0) is 131 Å². The molecule has 8 rings (SSSR count). The van der Waals surface area contributed by atoms with Crippen LogP contribution in [0.15, 0.2) is 82.0 Å². The van der Waals surface area contributed by atoms with E-state index in [0.717, 1.165) is 99.2 Å². The molecule has 2 fully saturated rings. The van der Waals surface area contributed by atoms with Crippen molar-refractivity contribution in [1.82, 2.24) is 40.1 Å². The first-order chi connectivity index (χ1) is 24.6. The Labute approximate surface area is 307 Å². The summed E-state index contributed by atoms with van der Waals surface area (Å²) in [5.74, 6) is 3.37. The van der Waals surface area contributed by atoms with Gasteiger partial charge in [0, 0.05) is 58.7 Å². The molecule has 4 aromatic heterocycles. The highest BCUT2D eigenvalue weighted by Gasteiger charge is 2.14. The smallest absolute Gasteiger partial charge is 0.178 e. The fourth-order valence-corrected chi connectivity index (χ4v) is 6.71. The van der Waals surface area contributed by atoms with Gasteiger partial charge in [-0.3, -0.25) is 4.90 Å². The normalized spacial score (nSPS) is 16.2. The molecule has 0 bridgehead atoms. The first kappa shape index (κ1) is 34.6. The minimum absolute atomic E-state index is 0.369. The van der Waals surface area contributed by atoms with E-state index in [1.165, 1.54) is 32.4 Å². The first-order valence-corrected chi connectivity index (χ1v) is 18.7. The zero-order chi connectivity index (χ0) is 34.1. The topological polar surface area (TPSA) is 126 Å². The highest BCUT2D eigenvalue weighted by molar-refractivity contribution is 9.10. The van der Waals surface area contributed by atoms with Gasteiger partial charge in [-0.1, -0.05) is 0 Å². The van der Waals surface area contributed by atoms with Gasteiger partial charge in [-0.2, -0.15) is 0 Å². The molecule has 11 nitrogen and oxygen atoms in total. The van der Waals surface area contributed by atoms with Crippen molar-refractivity contribution in [1.29, 1.82) is 0 Å². The predicted molar refractivity (Wildman–Crippen MR) is 203 cm³/mol. The second kappa shape index (κ2) is 16.9. The Morgan fingerprint density at radius 1 is 0.760 bits per heavy atom. The van der Waals surface area contributed by atoms with E-state index in [9.17, 15) is 0 Å². The van der Waals surface area contributed by atoms with Gasteiger partial charge in [0.15, 0.2) is 11.3 Å². The Kier molecular flexibility index (Phi) is 11.7. The van der Waals surface area contributed by atoms with Crippen LogP contribution in [0.2, 0.25) is 0 Å². The second-order valence-electron chi connectivity index (χ2n) is 12.4. The van der Waals surface area contributed by atoms with Gasteiger partial charge in [0.05, 0.1) is 17.1 Å². The molecule has 1 atom stereocenters. The molecule has 13 heteroatoms. The number of fused-ring (bicyclic) bond motifs is 2. The third-order valence-electron chi connectivity index (χ3n) is 8.68. The highest BCUT2D eigenvalue weighted by atomic mass is 79.9. The van der Waals surface area contributed by atoms with E-state index >= 15 is 0 Å². The van der Waals surface area contributed by atoms with Crippen molar-refractivity contribution < 1.29 is 14.2 Å². The van der Waals surface area contributed by atoms with Crippen LogP contribution in [-0.4, -0.2) is 93.5 Å². The largest absolute Gasteiger partial charge is 0.492 e. The van der Waals surface area contributed by atoms with E-state index in [1.807, 2.05) is 60.7 Å². The van der Waals surface area contributed by atoms with Crippen molar-refractivity contribution in [3.63, 3.8) is 0 Å². The molecule has 2 saturated heterocycles. The number of aromatic nitrogens is 6.